The van der Waals surface area contributed by atoms with Crippen molar-refractivity contribution in [3.8, 4) is 0 Å². The molecule has 1 nitrogen and oxygen atoms in total. The summed E-state index contributed by atoms with van der Waals surface area (Å²) in [5.74, 6) is 0. The van der Waals surface area contributed by atoms with Crippen LogP contribution in [-0.4, -0.2) is 6.54 Å². The van der Waals surface area contributed by atoms with E-state index in [0.717, 1.165) is 19.0 Å². The molecule has 0 saturated carbocycles. The molecule has 0 aromatic heterocycles. The smallest absolute Gasteiger partial charge is 0.310 e. The van der Waals surface area contributed by atoms with Crippen LogP contribution < -0.4 is 5.32 Å². The molecule has 4 heteroatoms. The minimum Gasteiger partial charge on any atom is -0.310 e. The Balaban J connectivity index is 1.56. The fourth-order valence-corrected chi connectivity index (χ4v) is 3.16. The first-order valence-corrected chi connectivity index (χ1v) is 9.00. The van der Waals surface area contributed by atoms with E-state index >= 15 is 0 Å². The number of alkyl halides is 3. The van der Waals surface area contributed by atoms with Gasteiger partial charge in [0.05, 0.1) is 5.56 Å². The highest BCUT2D eigenvalue weighted by Crippen LogP contribution is 2.29. The second-order valence-electron chi connectivity index (χ2n) is 6.56. The third-order valence-electron chi connectivity index (χ3n) is 4.58. The van der Waals surface area contributed by atoms with Crippen molar-refractivity contribution in [3.63, 3.8) is 0 Å². The van der Waals surface area contributed by atoms with Gasteiger partial charge < -0.3 is 5.32 Å². The van der Waals surface area contributed by atoms with Crippen LogP contribution >= 0.6 is 0 Å². The van der Waals surface area contributed by atoms with Gasteiger partial charge in [-0.05, 0) is 53.9 Å². The number of fused-ring (bicyclic) bond motifs is 1. The van der Waals surface area contributed by atoms with Crippen molar-refractivity contribution < 1.29 is 13.2 Å². The van der Waals surface area contributed by atoms with Crippen molar-refractivity contribution in [2.45, 2.75) is 25.6 Å². The fourth-order valence-electron chi connectivity index (χ4n) is 3.16. The molecule has 3 aromatic rings. The Morgan fingerprint density at radius 1 is 0.963 bits per heavy atom. The SMILES string of the molecule is CC(NCC/C=C/c1cccc(C(F)(F)F)c1)c1cccc2ccccc12. The maximum atomic E-state index is 12.7. The molecule has 0 aliphatic carbocycles. The standard InChI is InChI=1S/C23H22F3N/c1-17(21-14-7-11-19-10-2-3-13-22(19)21)27-15-5-4-8-18-9-6-12-20(16-18)23(24,25)26/h2-4,6-14,16-17,27H,5,15H2,1H3/b8-4+. The van der Waals surface area contributed by atoms with Crippen molar-refractivity contribution >= 4 is 16.8 Å². The van der Waals surface area contributed by atoms with Gasteiger partial charge in [0.2, 0.25) is 0 Å². The highest BCUT2D eigenvalue weighted by molar-refractivity contribution is 5.86. The molecule has 140 valence electrons. The third kappa shape index (κ3) is 4.98. The molecule has 0 heterocycles. The van der Waals surface area contributed by atoms with Gasteiger partial charge in [0, 0.05) is 6.04 Å². The van der Waals surface area contributed by atoms with Crippen LogP contribution in [0.4, 0.5) is 13.2 Å². The van der Waals surface area contributed by atoms with E-state index in [2.05, 4.69) is 42.6 Å². The summed E-state index contributed by atoms with van der Waals surface area (Å²) in [5, 5.41) is 5.93. The summed E-state index contributed by atoms with van der Waals surface area (Å²) in [6.45, 7) is 2.87. The number of nitrogens with one attached hydrogen (secondary N) is 1. The van der Waals surface area contributed by atoms with E-state index in [1.807, 2.05) is 18.2 Å². The Labute approximate surface area is 157 Å². The van der Waals surface area contributed by atoms with Gasteiger partial charge in [-0.3, -0.25) is 0 Å². The summed E-state index contributed by atoms with van der Waals surface area (Å²) in [7, 11) is 0. The zero-order valence-corrected chi connectivity index (χ0v) is 15.1. The number of hydrogen-bond donors (Lipinski definition) is 1. The van der Waals surface area contributed by atoms with Crippen molar-refractivity contribution in [3.05, 3.63) is 89.5 Å². The Kier molecular flexibility index (Phi) is 5.97. The van der Waals surface area contributed by atoms with Gasteiger partial charge in [-0.2, -0.15) is 13.2 Å². The summed E-state index contributed by atoms with van der Waals surface area (Å²) in [6.07, 6.45) is 0.0719. The lowest BCUT2D eigenvalue weighted by molar-refractivity contribution is -0.137. The monoisotopic (exact) mass is 369 g/mol. The summed E-state index contributed by atoms with van der Waals surface area (Å²) < 4.78 is 38.2. The third-order valence-corrected chi connectivity index (χ3v) is 4.58. The molecule has 0 amide bonds. The molecular formula is C23H22F3N. The number of halogens is 3. The highest BCUT2D eigenvalue weighted by atomic mass is 19.4. The first-order valence-electron chi connectivity index (χ1n) is 9.00. The minimum absolute atomic E-state index is 0.193. The van der Waals surface area contributed by atoms with E-state index in [4.69, 9.17) is 0 Å². The normalized spacial score (nSPS) is 13.3. The van der Waals surface area contributed by atoms with Crippen molar-refractivity contribution in [1.82, 2.24) is 5.32 Å². The zero-order valence-electron chi connectivity index (χ0n) is 15.1. The Morgan fingerprint density at radius 3 is 2.52 bits per heavy atom. The Bertz CT molecular complexity index is 923. The second kappa shape index (κ2) is 8.40. The van der Waals surface area contributed by atoms with E-state index in [1.165, 1.54) is 28.5 Å². The van der Waals surface area contributed by atoms with Gasteiger partial charge in [-0.25, -0.2) is 0 Å². The van der Waals surface area contributed by atoms with Crippen LogP contribution in [0.15, 0.2) is 72.8 Å². The lowest BCUT2D eigenvalue weighted by atomic mass is 10.00. The summed E-state index contributed by atoms with van der Waals surface area (Å²) in [4.78, 5) is 0. The molecule has 3 aromatic carbocycles. The van der Waals surface area contributed by atoms with E-state index in [9.17, 15) is 13.2 Å². The summed E-state index contributed by atoms with van der Waals surface area (Å²) in [6, 6.07) is 20.1. The highest BCUT2D eigenvalue weighted by Gasteiger charge is 2.30. The predicted molar refractivity (Wildman–Crippen MR) is 105 cm³/mol. The van der Waals surface area contributed by atoms with Crippen LogP contribution in [0.2, 0.25) is 0 Å². The van der Waals surface area contributed by atoms with Crippen LogP contribution in [-0.2, 0) is 6.18 Å². The van der Waals surface area contributed by atoms with Crippen LogP contribution in [0.5, 0.6) is 0 Å². The van der Waals surface area contributed by atoms with Crippen molar-refractivity contribution in [1.29, 1.82) is 0 Å². The lowest BCUT2D eigenvalue weighted by Crippen LogP contribution is -2.19. The second-order valence-corrected chi connectivity index (χ2v) is 6.56. The molecule has 0 saturated heterocycles. The van der Waals surface area contributed by atoms with Crippen LogP contribution in [0, 0.1) is 0 Å². The van der Waals surface area contributed by atoms with Gasteiger partial charge >= 0.3 is 6.18 Å². The lowest BCUT2D eigenvalue weighted by Gasteiger charge is -2.16. The molecule has 1 atom stereocenters. The fraction of sp³-hybridized carbons (Fsp3) is 0.217. The Morgan fingerprint density at radius 2 is 1.70 bits per heavy atom. The molecule has 0 aliphatic rings. The molecule has 0 fully saturated rings. The molecule has 3 rings (SSSR count). The van der Waals surface area contributed by atoms with Gasteiger partial charge in [0.15, 0.2) is 0 Å². The summed E-state index contributed by atoms with van der Waals surface area (Å²) >= 11 is 0. The van der Waals surface area contributed by atoms with Gasteiger partial charge in [-0.15, -0.1) is 0 Å². The predicted octanol–water partition coefficient (Wildman–Crippen LogP) is 6.61. The molecule has 0 bridgehead atoms. The van der Waals surface area contributed by atoms with Gasteiger partial charge in [-0.1, -0.05) is 66.7 Å². The largest absolute Gasteiger partial charge is 0.416 e. The average molecular weight is 369 g/mol. The average Bonchev–Trinajstić information content (AvgIpc) is 2.66. The molecule has 0 spiro atoms. The van der Waals surface area contributed by atoms with Crippen molar-refractivity contribution in [2.75, 3.05) is 6.54 Å². The minimum atomic E-state index is -4.31. The van der Waals surface area contributed by atoms with Crippen LogP contribution in [0.25, 0.3) is 16.8 Å². The first-order chi connectivity index (χ1) is 12.9. The number of hydrogen-bond acceptors (Lipinski definition) is 1. The number of rotatable bonds is 6. The van der Waals surface area contributed by atoms with Gasteiger partial charge in [0.1, 0.15) is 0 Å². The zero-order chi connectivity index (χ0) is 19.3. The van der Waals surface area contributed by atoms with E-state index < -0.39 is 11.7 Å². The maximum Gasteiger partial charge on any atom is 0.416 e. The number of benzene rings is 3. The first kappa shape index (κ1) is 19.2. The van der Waals surface area contributed by atoms with E-state index in [0.29, 0.717) is 5.56 Å². The molecule has 0 aliphatic heterocycles. The van der Waals surface area contributed by atoms with Gasteiger partial charge in [0.25, 0.3) is 0 Å². The molecule has 1 unspecified atom stereocenters. The van der Waals surface area contributed by atoms with Crippen LogP contribution in [0.3, 0.4) is 0 Å². The molecular weight excluding hydrogens is 347 g/mol. The maximum absolute atomic E-state index is 12.7. The summed E-state index contributed by atoms with van der Waals surface area (Å²) in [5.41, 5.74) is 1.19. The quantitative estimate of drug-likeness (QED) is 0.482. The van der Waals surface area contributed by atoms with Crippen LogP contribution in [0.1, 0.15) is 36.1 Å². The van der Waals surface area contributed by atoms with E-state index in [-0.39, 0.29) is 6.04 Å². The molecule has 27 heavy (non-hydrogen) atoms. The topological polar surface area (TPSA) is 12.0 Å². The van der Waals surface area contributed by atoms with Crippen molar-refractivity contribution in [2.24, 2.45) is 0 Å². The molecule has 1 N–H and O–H groups in total. The van der Waals surface area contributed by atoms with E-state index in [1.54, 1.807) is 12.1 Å². The molecule has 0 radical (unpaired) electrons. The Hall–Kier alpha value is -2.59.